The summed E-state index contributed by atoms with van der Waals surface area (Å²) in [5.74, 6) is -1.39. The van der Waals surface area contributed by atoms with Gasteiger partial charge in [0.25, 0.3) is 0 Å². The third kappa shape index (κ3) is 2.77. The van der Waals surface area contributed by atoms with Crippen LogP contribution in [0.3, 0.4) is 0 Å². The van der Waals surface area contributed by atoms with Crippen molar-refractivity contribution in [3.8, 4) is 0 Å². The summed E-state index contributed by atoms with van der Waals surface area (Å²) in [6.07, 6.45) is 0. The van der Waals surface area contributed by atoms with Crippen LogP contribution >= 0.6 is 0 Å². The van der Waals surface area contributed by atoms with Crippen molar-refractivity contribution in [3.63, 3.8) is 0 Å². The molecule has 0 saturated carbocycles. The summed E-state index contributed by atoms with van der Waals surface area (Å²) < 4.78 is 26.3. The van der Waals surface area contributed by atoms with E-state index in [4.69, 9.17) is 5.73 Å². The minimum atomic E-state index is -0.748. The maximum Gasteiger partial charge on any atom is 0.151 e. The summed E-state index contributed by atoms with van der Waals surface area (Å²) in [5.41, 5.74) is 7.91. The first kappa shape index (κ1) is 12.4. The van der Waals surface area contributed by atoms with Crippen LogP contribution in [0, 0.1) is 18.6 Å². The lowest BCUT2D eigenvalue weighted by molar-refractivity contribution is 0.587. The Bertz CT molecular complexity index is 568. The maximum atomic E-state index is 13.2. The van der Waals surface area contributed by atoms with Gasteiger partial charge in [0.05, 0.1) is 11.4 Å². The molecule has 0 aliphatic heterocycles. The van der Waals surface area contributed by atoms with Crippen LogP contribution in [-0.4, -0.2) is 0 Å². The number of aryl methyl sites for hydroxylation is 1. The maximum absolute atomic E-state index is 13.2. The van der Waals surface area contributed by atoms with Crippen molar-refractivity contribution in [1.82, 2.24) is 0 Å². The molecule has 2 aromatic rings. The summed E-state index contributed by atoms with van der Waals surface area (Å²) in [7, 11) is 0. The summed E-state index contributed by atoms with van der Waals surface area (Å²) in [6.45, 7) is 2.45. The van der Waals surface area contributed by atoms with Crippen LogP contribution < -0.4 is 11.1 Å². The van der Waals surface area contributed by atoms with Crippen LogP contribution in [0.4, 0.5) is 20.2 Å². The van der Waals surface area contributed by atoms with E-state index >= 15 is 0 Å². The zero-order chi connectivity index (χ0) is 13.1. The first-order valence-corrected chi connectivity index (χ1v) is 5.60. The smallest absolute Gasteiger partial charge is 0.151 e. The highest BCUT2D eigenvalue weighted by Crippen LogP contribution is 2.23. The molecule has 0 aliphatic rings. The first-order valence-electron chi connectivity index (χ1n) is 5.60. The van der Waals surface area contributed by atoms with Crippen molar-refractivity contribution in [1.29, 1.82) is 0 Å². The van der Waals surface area contributed by atoms with Crippen molar-refractivity contribution in [2.45, 2.75) is 13.5 Å². The van der Waals surface area contributed by atoms with Gasteiger partial charge in [-0.05, 0) is 18.6 Å². The number of nitrogens with one attached hydrogen (secondary N) is 1. The van der Waals surface area contributed by atoms with Gasteiger partial charge in [0.1, 0.15) is 5.82 Å². The molecule has 0 unspecified atom stereocenters. The van der Waals surface area contributed by atoms with Gasteiger partial charge in [-0.25, -0.2) is 8.78 Å². The fourth-order valence-corrected chi connectivity index (χ4v) is 1.75. The van der Waals surface area contributed by atoms with Crippen LogP contribution in [0.2, 0.25) is 0 Å². The molecule has 94 valence electrons. The zero-order valence-corrected chi connectivity index (χ0v) is 10.0. The molecule has 2 nitrogen and oxygen atoms in total. The van der Waals surface area contributed by atoms with Crippen molar-refractivity contribution in [3.05, 3.63) is 59.2 Å². The Labute approximate surface area is 104 Å². The van der Waals surface area contributed by atoms with Gasteiger partial charge in [-0.2, -0.15) is 0 Å². The number of anilines is 2. The van der Waals surface area contributed by atoms with Gasteiger partial charge < -0.3 is 11.1 Å². The summed E-state index contributed by atoms with van der Waals surface area (Å²) in [5, 5.41) is 2.93. The summed E-state index contributed by atoms with van der Waals surface area (Å²) in [6, 6.07) is 9.81. The van der Waals surface area contributed by atoms with Crippen LogP contribution in [0.1, 0.15) is 11.1 Å². The lowest BCUT2D eigenvalue weighted by Crippen LogP contribution is -2.05. The molecular weight excluding hydrogens is 234 g/mol. The fourth-order valence-electron chi connectivity index (χ4n) is 1.75. The Kier molecular flexibility index (Phi) is 3.46. The largest absolute Gasteiger partial charge is 0.395 e. The van der Waals surface area contributed by atoms with Gasteiger partial charge in [0.2, 0.25) is 0 Å². The van der Waals surface area contributed by atoms with Crippen molar-refractivity contribution < 1.29 is 8.78 Å². The molecule has 0 amide bonds. The SMILES string of the molecule is Cc1cccc(CNc2cc(F)cc(F)c2N)c1. The Morgan fingerprint density at radius 2 is 1.94 bits per heavy atom. The predicted octanol–water partition coefficient (Wildman–Crippen LogP) is 3.47. The summed E-state index contributed by atoms with van der Waals surface area (Å²) in [4.78, 5) is 0. The van der Waals surface area contributed by atoms with Crippen molar-refractivity contribution >= 4 is 11.4 Å². The van der Waals surface area contributed by atoms with Gasteiger partial charge in [0, 0.05) is 12.6 Å². The molecule has 0 fully saturated rings. The van der Waals surface area contributed by atoms with Crippen LogP contribution in [0.15, 0.2) is 36.4 Å². The van der Waals surface area contributed by atoms with E-state index in [0.717, 1.165) is 17.2 Å². The second kappa shape index (κ2) is 5.04. The standard InChI is InChI=1S/C14H14F2N2/c1-9-3-2-4-10(5-9)8-18-13-7-11(15)6-12(16)14(13)17/h2-7,18H,8,17H2,1H3. The molecule has 0 aromatic heterocycles. The predicted molar refractivity (Wildman–Crippen MR) is 69.3 cm³/mol. The Balaban J connectivity index is 2.15. The number of nitrogens with two attached hydrogens (primary N) is 1. The Morgan fingerprint density at radius 3 is 2.67 bits per heavy atom. The van der Waals surface area contributed by atoms with E-state index in [-0.39, 0.29) is 11.4 Å². The van der Waals surface area contributed by atoms with Gasteiger partial charge >= 0.3 is 0 Å². The number of hydrogen-bond donors (Lipinski definition) is 2. The quantitative estimate of drug-likeness (QED) is 0.816. The minimum Gasteiger partial charge on any atom is -0.395 e. The molecule has 2 rings (SSSR count). The summed E-state index contributed by atoms with van der Waals surface area (Å²) >= 11 is 0. The third-order valence-electron chi connectivity index (χ3n) is 2.66. The van der Waals surface area contributed by atoms with Gasteiger partial charge in [-0.3, -0.25) is 0 Å². The van der Waals surface area contributed by atoms with Crippen molar-refractivity contribution in [2.75, 3.05) is 11.1 Å². The average Bonchev–Trinajstić information content (AvgIpc) is 2.32. The molecule has 0 aliphatic carbocycles. The molecular formula is C14H14F2N2. The third-order valence-corrected chi connectivity index (χ3v) is 2.66. The van der Waals surface area contributed by atoms with Gasteiger partial charge in [0.15, 0.2) is 5.82 Å². The number of nitrogen functional groups attached to an aromatic ring is 1. The monoisotopic (exact) mass is 248 g/mol. The van der Waals surface area contributed by atoms with Crippen molar-refractivity contribution in [2.24, 2.45) is 0 Å². The molecule has 3 N–H and O–H groups in total. The number of hydrogen-bond acceptors (Lipinski definition) is 2. The van der Waals surface area contributed by atoms with E-state index in [9.17, 15) is 8.78 Å². The Hall–Kier alpha value is -2.10. The number of rotatable bonds is 3. The minimum absolute atomic E-state index is 0.0657. The van der Waals surface area contributed by atoms with E-state index in [2.05, 4.69) is 5.32 Å². The van der Waals surface area contributed by atoms with E-state index in [1.165, 1.54) is 6.07 Å². The molecule has 0 bridgehead atoms. The van der Waals surface area contributed by atoms with Crippen LogP contribution in [0.25, 0.3) is 0 Å². The normalized spacial score (nSPS) is 10.4. The zero-order valence-electron chi connectivity index (χ0n) is 10.0. The van der Waals surface area contributed by atoms with E-state index < -0.39 is 11.6 Å². The molecule has 0 radical (unpaired) electrons. The highest BCUT2D eigenvalue weighted by atomic mass is 19.1. The lowest BCUT2D eigenvalue weighted by Gasteiger charge is -2.10. The average molecular weight is 248 g/mol. The van der Waals surface area contributed by atoms with E-state index in [1.54, 1.807) is 0 Å². The molecule has 0 spiro atoms. The second-order valence-corrected chi connectivity index (χ2v) is 4.19. The molecule has 18 heavy (non-hydrogen) atoms. The van der Waals surface area contributed by atoms with Crippen LogP contribution in [-0.2, 0) is 6.54 Å². The van der Waals surface area contributed by atoms with E-state index in [1.807, 2.05) is 31.2 Å². The molecule has 0 atom stereocenters. The molecule has 0 saturated heterocycles. The lowest BCUT2D eigenvalue weighted by atomic mass is 10.1. The van der Waals surface area contributed by atoms with Gasteiger partial charge in [-0.15, -0.1) is 0 Å². The second-order valence-electron chi connectivity index (χ2n) is 4.19. The van der Waals surface area contributed by atoms with Crippen LogP contribution in [0.5, 0.6) is 0 Å². The molecule has 2 aromatic carbocycles. The number of benzene rings is 2. The molecule has 0 heterocycles. The van der Waals surface area contributed by atoms with Gasteiger partial charge in [-0.1, -0.05) is 29.8 Å². The topological polar surface area (TPSA) is 38.0 Å². The molecule has 4 heteroatoms. The van der Waals surface area contributed by atoms with E-state index in [0.29, 0.717) is 6.54 Å². The first-order chi connectivity index (χ1) is 8.56. The highest BCUT2D eigenvalue weighted by Gasteiger charge is 2.07. The fraction of sp³-hybridized carbons (Fsp3) is 0.143. The Morgan fingerprint density at radius 1 is 1.17 bits per heavy atom. The number of halogens is 2. The highest BCUT2D eigenvalue weighted by molar-refractivity contribution is 5.66.